The Labute approximate surface area is 110 Å². The maximum atomic E-state index is 11.8. The van der Waals surface area contributed by atoms with E-state index in [1.165, 1.54) is 6.07 Å². The van der Waals surface area contributed by atoms with Crippen molar-refractivity contribution in [1.82, 2.24) is 9.88 Å². The summed E-state index contributed by atoms with van der Waals surface area (Å²) in [6, 6.07) is 2.61. The molecule has 0 saturated heterocycles. The molecule has 7 nitrogen and oxygen atoms in total. The standard InChI is InChI=1S/C12H17N3O4/c1-3-4-7-13-11(16)8-14-9(2)5-6-10(12(14)17)15(18)19/h5-6H,3-4,7-8H2,1-2H3,(H,13,16). The van der Waals surface area contributed by atoms with E-state index in [-0.39, 0.29) is 12.5 Å². The molecule has 0 saturated carbocycles. The molecule has 104 valence electrons. The first-order valence-corrected chi connectivity index (χ1v) is 6.09. The molecule has 0 aromatic carbocycles. The fraction of sp³-hybridized carbons (Fsp3) is 0.500. The maximum Gasteiger partial charge on any atom is 0.334 e. The molecule has 0 bridgehead atoms. The summed E-state index contributed by atoms with van der Waals surface area (Å²) in [5, 5.41) is 13.3. The van der Waals surface area contributed by atoms with Crippen LogP contribution in [0.3, 0.4) is 0 Å². The molecule has 1 N–H and O–H groups in total. The van der Waals surface area contributed by atoms with Gasteiger partial charge in [-0.05, 0) is 19.4 Å². The van der Waals surface area contributed by atoms with Gasteiger partial charge in [0.05, 0.1) is 4.92 Å². The lowest BCUT2D eigenvalue weighted by Crippen LogP contribution is -2.34. The summed E-state index contributed by atoms with van der Waals surface area (Å²) in [6.07, 6.45) is 1.81. The van der Waals surface area contributed by atoms with Crippen molar-refractivity contribution >= 4 is 11.6 Å². The highest BCUT2D eigenvalue weighted by Gasteiger charge is 2.17. The number of nitrogens with one attached hydrogen (secondary N) is 1. The molecule has 1 aromatic heterocycles. The fourth-order valence-electron chi connectivity index (χ4n) is 1.60. The first kappa shape index (κ1) is 14.9. The van der Waals surface area contributed by atoms with Gasteiger partial charge in [0.1, 0.15) is 6.54 Å². The van der Waals surface area contributed by atoms with Gasteiger partial charge in [-0.3, -0.25) is 24.3 Å². The highest BCUT2D eigenvalue weighted by molar-refractivity contribution is 5.75. The van der Waals surface area contributed by atoms with Crippen molar-refractivity contribution in [3.63, 3.8) is 0 Å². The number of rotatable bonds is 6. The number of aromatic nitrogens is 1. The van der Waals surface area contributed by atoms with Crippen molar-refractivity contribution in [3.05, 3.63) is 38.3 Å². The van der Waals surface area contributed by atoms with Crippen LogP contribution in [0.15, 0.2) is 16.9 Å². The second kappa shape index (κ2) is 6.67. The summed E-state index contributed by atoms with van der Waals surface area (Å²) in [7, 11) is 0. The third-order valence-electron chi connectivity index (χ3n) is 2.72. The number of pyridine rings is 1. The SMILES string of the molecule is CCCCNC(=O)Cn1c(C)ccc([N+](=O)[O-])c1=O. The molecular formula is C12H17N3O4. The summed E-state index contributed by atoms with van der Waals surface area (Å²) in [4.78, 5) is 33.4. The minimum absolute atomic E-state index is 0.198. The summed E-state index contributed by atoms with van der Waals surface area (Å²) < 4.78 is 1.11. The van der Waals surface area contributed by atoms with Crippen molar-refractivity contribution in [3.8, 4) is 0 Å². The van der Waals surface area contributed by atoms with Crippen LogP contribution < -0.4 is 10.9 Å². The number of unbranched alkanes of at least 4 members (excludes halogenated alkanes) is 1. The molecule has 1 heterocycles. The van der Waals surface area contributed by atoms with Crippen LogP contribution in [0.2, 0.25) is 0 Å². The van der Waals surface area contributed by atoms with Gasteiger partial charge in [-0.1, -0.05) is 13.3 Å². The second-order valence-electron chi connectivity index (χ2n) is 4.21. The zero-order valence-corrected chi connectivity index (χ0v) is 11.0. The molecule has 0 radical (unpaired) electrons. The Morgan fingerprint density at radius 1 is 1.47 bits per heavy atom. The van der Waals surface area contributed by atoms with E-state index in [2.05, 4.69) is 5.32 Å². The predicted octanol–water partition coefficient (Wildman–Crippen LogP) is 0.981. The Bertz CT molecular complexity index is 536. The van der Waals surface area contributed by atoms with Gasteiger partial charge in [-0.25, -0.2) is 0 Å². The fourth-order valence-corrected chi connectivity index (χ4v) is 1.60. The lowest BCUT2D eigenvalue weighted by atomic mass is 10.3. The minimum atomic E-state index is -0.754. The van der Waals surface area contributed by atoms with Crippen LogP contribution in [0.1, 0.15) is 25.5 Å². The molecule has 0 aliphatic carbocycles. The molecule has 0 atom stereocenters. The number of carbonyl (C=O) groups excluding carboxylic acids is 1. The Morgan fingerprint density at radius 2 is 2.16 bits per heavy atom. The molecule has 0 spiro atoms. The Hall–Kier alpha value is -2.18. The molecule has 0 unspecified atom stereocenters. The molecule has 0 aliphatic heterocycles. The highest BCUT2D eigenvalue weighted by atomic mass is 16.6. The van der Waals surface area contributed by atoms with Gasteiger partial charge in [0, 0.05) is 18.3 Å². The Kier molecular flexibility index (Phi) is 5.23. The molecule has 1 rings (SSSR count). The average Bonchev–Trinajstić information content (AvgIpc) is 2.34. The van der Waals surface area contributed by atoms with E-state index in [0.717, 1.165) is 23.5 Å². The number of nitro groups is 1. The first-order chi connectivity index (χ1) is 8.97. The van der Waals surface area contributed by atoms with Crippen LogP contribution in [0.4, 0.5) is 5.69 Å². The summed E-state index contributed by atoms with van der Waals surface area (Å²) >= 11 is 0. The van der Waals surface area contributed by atoms with E-state index < -0.39 is 16.2 Å². The topological polar surface area (TPSA) is 94.2 Å². The predicted molar refractivity (Wildman–Crippen MR) is 70.0 cm³/mol. The number of amides is 1. The van der Waals surface area contributed by atoms with Gasteiger partial charge < -0.3 is 5.32 Å². The van der Waals surface area contributed by atoms with Gasteiger partial charge in [0.25, 0.3) is 0 Å². The Balaban J connectivity index is 2.89. The van der Waals surface area contributed by atoms with Crippen molar-refractivity contribution in [1.29, 1.82) is 0 Å². The van der Waals surface area contributed by atoms with Crippen LogP contribution in [-0.2, 0) is 11.3 Å². The van der Waals surface area contributed by atoms with Crippen LogP contribution in [-0.4, -0.2) is 21.9 Å². The van der Waals surface area contributed by atoms with Crippen molar-refractivity contribution < 1.29 is 9.72 Å². The molecule has 7 heteroatoms. The Morgan fingerprint density at radius 3 is 2.74 bits per heavy atom. The van der Waals surface area contributed by atoms with Gasteiger partial charge in [-0.2, -0.15) is 0 Å². The quantitative estimate of drug-likeness (QED) is 0.472. The molecule has 0 aliphatic rings. The number of aryl methyl sites for hydroxylation is 1. The summed E-state index contributed by atoms with van der Waals surface area (Å²) in [5.74, 6) is -0.320. The van der Waals surface area contributed by atoms with E-state index in [0.29, 0.717) is 12.2 Å². The third kappa shape index (κ3) is 3.90. The van der Waals surface area contributed by atoms with Gasteiger partial charge in [-0.15, -0.1) is 0 Å². The average molecular weight is 267 g/mol. The van der Waals surface area contributed by atoms with Gasteiger partial charge in [0.15, 0.2) is 0 Å². The van der Waals surface area contributed by atoms with Crippen LogP contribution in [0.25, 0.3) is 0 Å². The minimum Gasteiger partial charge on any atom is -0.355 e. The van der Waals surface area contributed by atoms with Crippen LogP contribution in [0.5, 0.6) is 0 Å². The zero-order chi connectivity index (χ0) is 14.4. The van der Waals surface area contributed by atoms with Crippen molar-refractivity contribution in [2.24, 2.45) is 0 Å². The summed E-state index contributed by atoms with van der Waals surface area (Å²) in [5.41, 5.74) is -0.760. The summed E-state index contributed by atoms with van der Waals surface area (Å²) in [6.45, 7) is 3.97. The van der Waals surface area contributed by atoms with E-state index >= 15 is 0 Å². The van der Waals surface area contributed by atoms with E-state index in [9.17, 15) is 19.7 Å². The molecular weight excluding hydrogens is 250 g/mol. The largest absolute Gasteiger partial charge is 0.355 e. The molecule has 0 fully saturated rings. The first-order valence-electron chi connectivity index (χ1n) is 6.09. The monoisotopic (exact) mass is 267 g/mol. The van der Waals surface area contributed by atoms with E-state index in [1.54, 1.807) is 6.92 Å². The van der Waals surface area contributed by atoms with Crippen molar-refractivity contribution in [2.75, 3.05) is 6.54 Å². The van der Waals surface area contributed by atoms with Gasteiger partial charge >= 0.3 is 11.2 Å². The molecule has 1 aromatic rings. The highest BCUT2D eigenvalue weighted by Crippen LogP contribution is 2.05. The molecule has 1 amide bonds. The third-order valence-corrected chi connectivity index (χ3v) is 2.72. The van der Waals surface area contributed by atoms with Crippen molar-refractivity contribution in [2.45, 2.75) is 33.2 Å². The van der Waals surface area contributed by atoms with Gasteiger partial charge in [0.2, 0.25) is 5.91 Å². The smallest absolute Gasteiger partial charge is 0.334 e. The number of nitrogens with zero attached hydrogens (tertiary/aromatic N) is 2. The van der Waals surface area contributed by atoms with E-state index in [1.807, 2.05) is 6.92 Å². The lowest BCUT2D eigenvalue weighted by Gasteiger charge is -2.09. The zero-order valence-electron chi connectivity index (χ0n) is 11.0. The van der Waals surface area contributed by atoms with Crippen LogP contribution in [0, 0.1) is 17.0 Å². The number of hydrogen-bond donors (Lipinski definition) is 1. The number of carbonyl (C=O) groups is 1. The lowest BCUT2D eigenvalue weighted by molar-refractivity contribution is -0.386. The molecule has 19 heavy (non-hydrogen) atoms. The number of hydrogen-bond acceptors (Lipinski definition) is 4. The van der Waals surface area contributed by atoms with Crippen LogP contribution >= 0.6 is 0 Å². The van der Waals surface area contributed by atoms with E-state index in [4.69, 9.17) is 0 Å². The second-order valence-corrected chi connectivity index (χ2v) is 4.21. The normalized spacial score (nSPS) is 10.2. The maximum absolute atomic E-state index is 11.8.